The lowest BCUT2D eigenvalue weighted by atomic mass is 10.2. The minimum atomic E-state index is -0.278. The number of hydrogen-bond acceptors (Lipinski definition) is 10. The highest BCUT2D eigenvalue weighted by molar-refractivity contribution is 7.18. The monoisotopic (exact) mass is 643 g/mol. The molecule has 1 N–H and O–H groups in total. The third-order valence-electron chi connectivity index (χ3n) is 8.47. The summed E-state index contributed by atoms with van der Waals surface area (Å²) in [6.07, 6.45) is 2.14. The lowest BCUT2D eigenvalue weighted by Crippen LogP contribution is -2.48. The van der Waals surface area contributed by atoms with Crippen molar-refractivity contribution >= 4 is 44.8 Å². The Bertz CT molecular complexity index is 1890. The molecule has 3 aromatic carbocycles. The van der Waals surface area contributed by atoms with Gasteiger partial charge in [-0.2, -0.15) is 0 Å². The van der Waals surface area contributed by atoms with Crippen molar-refractivity contribution in [2.24, 2.45) is 0 Å². The molecule has 238 valence electrons. The van der Waals surface area contributed by atoms with E-state index in [0.29, 0.717) is 59.6 Å². The molecule has 13 heteroatoms. The fourth-order valence-electron chi connectivity index (χ4n) is 5.97. The Morgan fingerprint density at radius 2 is 1.61 bits per heavy atom. The first kappa shape index (κ1) is 29.8. The van der Waals surface area contributed by atoms with E-state index in [9.17, 15) is 9.18 Å². The third-order valence-corrected chi connectivity index (χ3v) is 9.35. The SMILES string of the molecule is COc1cc(-c2nnc(Nc3cc4nc(-c5ccc(F)cc5)n(C5CC5)c4cc3N3CCN(C(C)=O)CC3)s2)cc(OC)c1OC. The molecule has 2 aliphatic rings. The molecule has 11 nitrogen and oxygen atoms in total. The highest BCUT2D eigenvalue weighted by Crippen LogP contribution is 2.45. The highest BCUT2D eigenvalue weighted by Gasteiger charge is 2.30. The third kappa shape index (κ3) is 5.55. The number of aromatic nitrogens is 4. The van der Waals surface area contributed by atoms with Crippen LogP contribution >= 0.6 is 11.3 Å². The standard InChI is InChI=1S/C33H34FN7O4S/c1-19(42)39-11-13-40(14-12-39)26-18-27-25(35-31(41(27)23-9-10-23)20-5-7-22(34)8-6-20)17-24(26)36-33-38-37-32(46-33)21-15-28(43-2)30(45-4)29(16-21)44-3/h5-8,15-18,23H,9-14H2,1-4H3,(H,36,38). The number of amides is 1. The van der Waals surface area contributed by atoms with Crippen LogP contribution in [0.5, 0.6) is 17.2 Å². The predicted octanol–water partition coefficient (Wildman–Crippen LogP) is 6.13. The van der Waals surface area contributed by atoms with Crippen LogP contribution in [-0.2, 0) is 4.79 Å². The maximum atomic E-state index is 13.8. The number of nitrogens with one attached hydrogen (secondary N) is 1. The van der Waals surface area contributed by atoms with E-state index in [1.165, 1.54) is 23.5 Å². The highest BCUT2D eigenvalue weighted by atomic mass is 32.1. The zero-order valence-corrected chi connectivity index (χ0v) is 26.9. The van der Waals surface area contributed by atoms with Crippen molar-refractivity contribution in [1.29, 1.82) is 0 Å². The van der Waals surface area contributed by atoms with Crippen molar-refractivity contribution in [3.05, 3.63) is 54.3 Å². The number of carbonyl (C=O) groups is 1. The number of methoxy groups -OCH3 is 3. The van der Waals surface area contributed by atoms with Crippen LogP contribution in [0.3, 0.4) is 0 Å². The largest absolute Gasteiger partial charge is 0.493 e. The average molecular weight is 644 g/mol. The number of ether oxygens (including phenoxy) is 3. The topological polar surface area (TPSA) is 107 Å². The molecule has 7 rings (SSSR count). The van der Waals surface area contributed by atoms with Gasteiger partial charge in [0.2, 0.25) is 16.8 Å². The van der Waals surface area contributed by atoms with E-state index in [0.717, 1.165) is 52.2 Å². The summed E-state index contributed by atoms with van der Waals surface area (Å²) in [5, 5.41) is 13.7. The van der Waals surface area contributed by atoms with Crippen molar-refractivity contribution in [1.82, 2.24) is 24.6 Å². The molecule has 0 radical (unpaired) electrons. The Morgan fingerprint density at radius 1 is 0.913 bits per heavy atom. The number of imidazole rings is 1. The molecule has 2 fully saturated rings. The van der Waals surface area contributed by atoms with Gasteiger partial charge in [-0.15, -0.1) is 10.2 Å². The number of fused-ring (bicyclic) bond motifs is 1. The number of rotatable bonds is 9. The maximum Gasteiger partial charge on any atom is 0.219 e. The summed E-state index contributed by atoms with van der Waals surface area (Å²) in [5.74, 6) is 2.19. The first-order valence-electron chi connectivity index (χ1n) is 15.1. The van der Waals surface area contributed by atoms with Crippen LogP contribution in [0.15, 0.2) is 48.5 Å². The van der Waals surface area contributed by atoms with E-state index in [4.69, 9.17) is 19.2 Å². The molecule has 46 heavy (non-hydrogen) atoms. The number of carbonyl (C=O) groups excluding carboxylic acids is 1. The van der Waals surface area contributed by atoms with Crippen molar-refractivity contribution in [2.45, 2.75) is 25.8 Å². The normalized spacial score (nSPS) is 14.9. The summed E-state index contributed by atoms with van der Waals surface area (Å²) in [5.41, 5.74) is 5.33. The first-order chi connectivity index (χ1) is 22.4. The van der Waals surface area contributed by atoms with Crippen LogP contribution in [0, 0.1) is 5.82 Å². The van der Waals surface area contributed by atoms with Crippen molar-refractivity contribution in [3.63, 3.8) is 0 Å². The van der Waals surface area contributed by atoms with Gasteiger partial charge in [0, 0.05) is 50.3 Å². The Balaban J connectivity index is 1.29. The molecular weight excluding hydrogens is 609 g/mol. The number of piperazine rings is 1. The van der Waals surface area contributed by atoms with Gasteiger partial charge in [-0.3, -0.25) is 4.79 Å². The van der Waals surface area contributed by atoms with Crippen LogP contribution in [0.2, 0.25) is 0 Å². The van der Waals surface area contributed by atoms with E-state index in [2.05, 4.69) is 37.1 Å². The number of hydrogen-bond donors (Lipinski definition) is 1. The van der Waals surface area contributed by atoms with Crippen LogP contribution < -0.4 is 24.4 Å². The maximum absolute atomic E-state index is 13.8. The minimum Gasteiger partial charge on any atom is -0.493 e. The second-order valence-electron chi connectivity index (χ2n) is 11.3. The smallest absolute Gasteiger partial charge is 0.219 e. The Hall–Kier alpha value is -4.91. The van der Waals surface area contributed by atoms with Gasteiger partial charge in [0.05, 0.1) is 43.7 Å². The summed E-state index contributed by atoms with van der Waals surface area (Å²) in [6, 6.07) is 14.8. The summed E-state index contributed by atoms with van der Waals surface area (Å²) in [7, 11) is 4.72. The molecule has 0 spiro atoms. The lowest BCUT2D eigenvalue weighted by molar-refractivity contribution is -0.129. The van der Waals surface area contributed by atoms with E-state index in [1.54, 1.807) is 40.4 Å². The van der Waals surface area contributed by atoms with E-state index in [1.807, 2.05) is 17.0 Å². The van der Waals surface area contributed by atoms with Crippen LogP contribution in [0.4, 0.5) is 20.9 Å². The number of benzene rings is 3. The second-order valence-corrected chi connectivity index (χ2v) is 12.3. The number of anilines is 3. The summed E-state index contributed by atoms with van der Waals surface area (Å²) in [6.45, 7) is 4.27. The van der Waals surface area contributed by atoms with Gasteiger partial charge >= 0.3 is 0 Å². The van der Waals surface area contributed by atoms with E-state index < -0.39 is 0 Å². The second kappa shape index (κ2) is 12.1. The van der Waals surface area contributed by atoms with Gasteiger partial charge in [0.15, 0.2) is 11.5 Å². The molecular formula is C33H34FN7O4S. The van der Waals surface area contributed by atoms with Gasteiger partial charge < -0.3 is 33.9 Å². The average Bonchev–Trinajstić information content (AvgIpc) is 3.69. The molecule has 1 aliphatic heterocycles. The predicted molar refractivity (Wildman–Crippen MR) is 176 cm³/mol. The van der Waals surface area contributed by atoms with Gasteiger partial charge in [-0.05, 0) is 61.4 Å². The molecule has 2 aromatic heterocycles. The molecule has 3 heterocycles. The van der Waals surface area contributed by atoms with Crippen molar-refractivity contribution in [2.75, 3.05) is 57.7 Å². The lowest BCUT2D eigenvalue weighted by Gasteiger charge is -2.36. The molecule has 1 saturated carbocycles. The van der Waals surface area contributed by atoms with E-state index in [-0.39, 0.29) is 11.7 Å². The quantitative estimate of drug-likeness (QED) is 0.203. The minimum absolute atomic E-state index is 0.0809. The van der Waals surface area contributed by atoms with Gasteiger partial charge in [0.25, 0.3) is 0 Å². The zero-order valence-electron chi connectivity index (χ0n) is 26.0. The molecule has 1 saturated heterocycles. The van der Waals surface area contributed by atoms with Crippen molar-refractivity contribution < 1.29 is 23.4 Å². The Labute approximate surface area is 269 Å². The molecule has 0 atom stereocenters. The summed E-state index contributed by atoms with van der Waals surface area (Å²) < 4.78 is 32.6. The van der Waals surface area contributed by atoms with E-state index >= 15 is 0 Å². The van der Waals surface area contributed by atoms with Crippen LogP contribution in [0.25, 0.3) is 33.0 Å². The van der Waals surface area contributed by atoms with Gasteiger partial charge in [0.1, 0.15) is 16.6 Å². The molecule has 1 amide bonds. The molecule has 0 unspecified atom stereocenters. The van der Waals surface area contributed by atoms with Crippen molar-refractivity contribution in [3.8, 4) is 39.2 Å². The first-order valence-corrected chi connectivity index (χ1v) is 15.9. The zero-order chi connectivity index (χ0) is 31.9. The molecule has 1 aliphatic carbocycles. The number of halogens is 1. The fraction of sp³-hybridized carbons (Fsp3) is 0.333. The number of nitrogens with zero attached hydrogens (tertiary/aromatic N) is 6. The van der Waals surface area contributed by atoms with Crippen LogP contribution in [-0.4, -0.2) is 78.1 Å². The summed E-state index contributed by atoms with van der Waals surface area (Å²) in [4.78, 5) is 21.3. The Kier molecular flexibility index (Phi) is 7.85. The van der Waals surface area contributed by atoms with Crippen LogP contribution in [0.1, 0.15) is 25.8 Å². The fourth-order valence-corrected chi connectivity index (χ4v) is 6.71. The molecule has 5 aromatic rings. The molecule has 0 bridgehead atoms. The Morgan fingerprint density at radius 3 is 2.22 bits per heavy atom. The summed E-state index contributed by atoms with van der Waals surface area (Å²) >= 11 is 1.40. The van der Waals surface area contributed by atoms with Gasteiger partial charge in [-0.25, -0.2) is 9.37 Å². The van der Waals surface area contributed by atoms with Gasteiger partial charge in [-0.1, -0.05) is 11.3 Å².